The van der Waals surface area contributed by atoms with Crippen molar-refractivity contribution in [3.63, 3.8) is 0 Å². The van der Waals surface area contributed by atoms with E-state index in [9.17, 15) is 48.3 Å². The molecule has 0 aromatic rings. The zero-order valence-electron chi connectivity index (χ0n) is 56.1. The summed E-state index contributed by atoms with van der Waals surface area (Å²) in [5.74, 6) is -9.71. The second-order valence-corrected chi connectivity index (χ2v) is 26.1. The number of likely N-dealkylation sites (N-methyl/N-ethyl adjacent to an activating group) is 7. The van der Waals surface area contributed by atoms with Gasteiger partial charge in [0.05, 0.1) is 12.6 Å². The van der Waals surface area contributed by atoms with Crippen LogP contribution in [0.25, 0.3) is 0 Å². The van der Waals surface area contributed by atoms with Crippen LogP contribution in [0.4, 0.5) is 0 Å². The molecular weight excluding hydrogens is 1090 g/mol. The summed E-state index contributed by atoms with van der Waals surface area (Å²) in [6.45, 7) is 29.3. The van der Waals surface area contributed by atoms with Gasteiger partial charge in [0.25, 0.3) is 0 Å². The van der Waals surface area contributed by atoms with Gasteiger partial charge < -0.3 is 60.7 Å². The summed E-state index contributed by atoms with van der Waals surface area (Å²) >= 11 is 0. The van der Waals surface area contributed by atoms with Crippen molar-refractivity contribution in [2.75, 3.05) is 55.9 Å². The maximum Gasteiger partial charge on any atom is 0.246 e. The first-order valence-corrected chi connectivity index (χ1v) is 30.6. The molecule has 85 heavy (non-hydrogen) atoms. The molecule has 1 aliphatic rings. The van der Waals surface area contributed by atoms with Gasteiger partial charge >= 0.3 is 0 Å². The molecule has 0 aromatic heterocycles. The predicted molar refractivity (Wildman–Crippen MR) is 328 cm³/mol. The fourth-order valence-corrected chi connectivity index (χ4v) is 10.7. The number of rotatable bonds is 15. The van der Waals surface area contributed by atoms with E-state index in [-0.39, 0.29) is 55.8 Å². The second kappa shape index (κ2) is 34.9. The minimum Gasteiger partial charge on any atom is -0.390 e. The lowest BCUT2D eigenvalue weighted by Gasteiger charge is -2.41. The number of aliphatic hydroxyl groups is 1. The maximum atomic E-state index is 15.1. The number of amides is 11. The van der Waals surface area contributed by atoms with E-state index in [2.05, 4.69) is 21.3 Å². The highest BCUT2D eigenvalue weighted by molar-refractivity contribution is 5.99. The molecule has 0 bridgehead atoms. The van der Waals surface area contributed by atoms with Crippen LogP contribution in [-0.4, -0.2) is 227 Å². The third-order valence-corrected chi connectivity index (χ3v) is 16.1. The van der Waals surface area contributed by atoms with Gasteiger partial charge in [0.15, 0.2) is 0 Å². The molecule has 0 aliphatic carbocycles. The van der Waals surface area contributed by atoms with Crippen molar-refractivity contribution in [2.24, 2.45) is 41.4 Å². The summed E-state index contributed by atoms with van der Waals surface area (Å²) in [6, 6.07) is -12.3. The highest BCUT2D eigenvalue weighted by atomic mass is 16.3. The first kappa shape index (κ1) is 76.9. The van der Waals surface area contributed by atoms with E-state index in [4.69, 9.17) is 0 Å². The highest BCUT2D eigenvalue weighted by Gasteiger charge is 2.45. The van der Waals surface area contributed by atoms with Crippen LogP contribution in [0, 0.1) is 41.4 Å². The Morgan fingerprint density at radius 1 is 0.459 bits per heavy atom. The monoisotopic (exact) mass is 1200 g/mol. The van der Waals surface area contributed by atoms with Crippen LogP contribution in [0.2, 0.25) is 0 Å². The van der Waals surface area contributed by atoms with E-state index >= 15 is 9.59 Å². The van der Waals surface area contributed by atoms with Gasteiger partial charge in [-0.05, 0) is 101 Å². The first-order chi connectivity index (χ1) is 39.2. The first-order valence-electron chi connectivity index (χ1n) is 30.6. The number of allylic oxidation sites excluding steroid dienone is 2. The van der Waals surface area contributed by atoms with Crippen molar-refractivity contribution in [2.45, 2.75) is 223 Å². The Morgan fingerprint density at radius 3 is 1.32 bits per heavy atom. The lowest BCUT2D eigenvalue weighted by atomic mass is 9.91. The fraction of sp³-hybridized carbons (Fsp3) is 0.790. The van der Waals surface area contributed by atoms with E-state index in [0.29, 0.717) is 6.42 Å². The smallest absolute Gasteiger partial charge is 0.246 e. The Kier molecular flexibility index (Phi) is 31.5. The number of carbonyl (C=O) groups excluding carboxylic acids is 11. The Bertz CT molecular complexity index is 2330. The van der Waals surface area contributed by atoms with Crippen LogP contribution in [0.5, 0.6) is 0 Å². The summed E-state index contributed by atoms with van der Waals surface area (Å²) in [5, 5.41) is 23.1. The standard InChI is InChI=1S/C62H111N11O12/c1-25-27-28-40(15)52(75)51-56(79)65-43(26-2)58(81)67(18)33-48(74)68(19)44(29-34(3)4)55(78)66-49(38(11)12)61(84)69(20)45(30-35(5)6)54(77)63-41(16)53(76)64-42(17)57(80)70(21)46(31-36(7)8)59(82)71(22)47(32-37(9)10)60(83)72(23)50(39(13)14)62(85)73(51)24/h25,27,34-47,49-52,75H,26,28-33H2,1-24H3,(H,63,77)(H,64,76)(H,65,79)(H,66,78)/b27-25+/t40?,41-,42-,43-,44-,45-,46-,47-,49-,50-,51+,52?/m0/s1. The number of nitrogens with one attached hydrogen (secondary N) is 4. The van der Waals surface area contributed by atoms with E-state index < -0.39 is 156 Å². The van der Waals surface area contributed by atoms with Crippen LogP contribution in [0.1, 0.15) is 156 Å². The molecule has 0 spiro atoms. The Labute approximate surface area is 508 Å². The molecule has 23 nitrogen and oxygen atoms in total. The molecule has 0 radical (unpaired) electrons. The largest absolute Gasteiger partial charge is 0.390 e. The number of hydrogen-bond donors (Lipinski definition) is 5. The van der Waals surface area contributed by atoms with Crippen LogP contribution in [0.3, 0.4) is 0 Å². The van der Waals surface area contributed by atoms with Gasteiger partial charge in [0.2, 0.25) is 65.0 Å². The molecule has 486 valence electrons. The lowest BCUT2D eigenvalue weighted by Crippen LogP contribution is -2.63. The summed E-state index contributed by atoms with van der Waals surface area (Å²) < 4.78 is 0. The Hall–Kier alpha value is -6.13. The lowest BCUT2D eigenvalue weighted by molar-refractivity contribution is -0.157. The van der Waals surface area contributed by atoms with Crippen LogP contribution >= 0.6 is 0 Å². The van der Waals surface area contributed by atoms with Crippen molar-refractivity contribution in [3.05, 3.63) is 12.2 Å². The molecule has 1 rings (SSSR count). The van der Waals surface area contributed by atoms with Gasteiger partial charge in [-0.15, -0.1) is 0 Å². The van der Waals surface area contributed by atoms with Gasteiger partial charge in [0, 0.05) is 49.3 Å². The minimum atomic E-state index is -1.61. The van der Waals surface area contributed by atoms with E-state index in [0.717, 1.165) is 9.80 Å². The zero-order valence-corrected chi connectivity index (χ0v) is 56.1. The normalized spacial score (nSPS) is 26.9. The SMILES string of the molecule is C/C=C/CC(C)C(O)[C@@H]1C(=O)N[C@@H](CC)C(=O)N(C)CC(=O)N(C)[C@@H](CC(C)C)C(=O)N[C@@H](C(C)C)C(=O)N(C)[C@@H](CC(C)C)C(=O)N[C@@H](C)C(=O)N[C@@H](C)C(=O)N(C)[C@@H](CC(C)C)C(=O)N(C)[C@@H](CC(C)C)C(=O)N(C)[C@@H](C(C)C)C(=O)N1C. The topological polar surface area (TPSA) is 279 Å². The second-order valence-electron chi connectivity index (χ2n) is 26.1. The van der Waals surface area contributed by atoms with E-state index in [1.54, 1.807) is 54.5 Å². The zero-order chi connectivity index (χ0) is 66.0. The minimum absolute atomic E-state index is 0.0229. The average molecular weight is 1200 g/mol. The quantitative estimate of drug-likeness (QED) is 0.148. The summed E-state index contributed by atoms with van der Waals surface area (Å²) in [4.78, 5) is 169. The highest BCUT2D eigenvalue weighted by Crippen LogP contribution is 2.26. The summed E-state index contributed by atoms with van der Waals surface area (Å²) in [5.41, 5.74) is 0. The number of aliphatic hydroxyl groups excluding tert-OH is 1. The molecule has 23 heteroatoms. The van der Waals surface area contributed by atoms with Gasteiger partial charge in [0.1, 0.15) is 60.4 Å². The van der Waals surface area contributed by atoms with Gasteiger partial charge in [-0.2, -0.15) is 0 Å². The van der Waals surface area contributed by atoms with Crippen molar-refractivity contribution in [1.82, 2.24) is 55.6 Å². The van der Waals surface area contributed by atoms with Gasteiger partial charge in [-0.3, -0.25) is 52.7 Å². The molecule has 11 amide bonds. The number of carbonyl (C=O) groups is 11. The Balaban J connectivity index is 4.32. The molecule has 0 saturated carbocycles. The molecule has 1 heterocycles. The van der Waals surface area contributed by atoms with Crippen molar-refractivity contribution < 1.29 is 57.8 Å². The third kappa shape index (κ3) is 21.7. The third-order valence-electron chi connectivity index (χ3n) is 16.1. The number of nitrogens with zero attached hydrogens (tertiary/aromatic N) is 7. The van der Waals surface area contributed by atoms with Crippen LogP contribution < -0.4 is 21.3 Å². The average Bonchev–Trinajstić information content (AvgIpc) is 3.62. The van der Waals surface area contributed by atoms with E-state index in [1.807, 2.05) is 61.5 Å². The predicted octanol–water partition coefficient (Wildman–Crippen LogP) is 3.27. The van der Waals surface area contributed by atoms with Crippen molar-refractivity contribution in [1.29, 1.82) is 0 Å². The summed E-state index contributed by atoms with van der Waals surface area (Å²) in [7, 11) is 9.92. The molecule has 1 fully saturated rings. The molecule has 12 atom stereocenters. The van der Waals surface area contributed by atoms with E-state index in [1.165, 1.54) is 87.7 Å². The van der Waals surface area contributed by atoms with Gasteiger partial charge in [-0.25, -0.2) is 0 Å². The van der Waals surface area contributed by atoms with Crippen molar-refractivity contribution >= 4 is 65.0 Å². The molecule has 2 unspecified atom stereocenters. The molecule has 0 aromatic carbocycles. The van der Waals surface area contributed by atoms with Crippen LogP contribution in [-0.2, 0) is 52.7 Å². The molecule has 5 N–H and O–H groups in total. The summed E-state index contributed by atoms with van der Waals surface area (Å²) in [6.07, 6.45) is 3.04. The fourth-order valence-electron chi connectivity index (χ4n) is 10.7. The van der Waals surface area contributed by atoms with Crippen molar-refractivity contribution in [3.8, 4) is 0 Å². The maximum absolute atomic E-state index is 15.1. The number of hydrogen-bond acceptors (Lipinski definition) is 12. The Morgan fingerprint density at radius 2 is 0.871 bits per heavy atom. The molecule has 1 aliphatic heterocycles. The molecule has 1 saturated heterocycles. The van der Waals surface area contributed by atoms with Crippen LogP contribution in [0.15, 0.2) is 12.2 Å². The molecular formula is C62H111N11O12. The van der Waals surface area contributed by atoms with Gasteiger partial charge in [-0.1, -0.05) is 109 Å².